The van der Waals surface area contributed by atoms with Crippen molar-refractivity contribution in [3.63, 3.8) is 0 Å². The van der Waals surface area contributed by atoms with Crippen LogP contribution in [0.4, 0.5) is 5.69 Å². The topological polar surface area (TPSA) is 52.7 Å². The number of nitrogens with one attached hydrogen (secondary N) is 1. The van der Waals surface area contributed by atoms with Gasteiger partial charge in [0.15, 0.2) is 0 Å². The Labute approximate surface area is 171 Å². The van der Waals surface area contributed by atoms with Crippen molar-refractivity contribution in [2.45, 2.75) is 24.0 Å². The predicted octanol–water partition coefficient (Wildman–Crippen LogP) is 3.45. The van der Waals surface area contributed by atoms with Crippen molar-refractivity contribution in [2.24, 2.45) is 0 Å². The van der Waals surface area contributed by atoms with Crippen molar-refractivity contribution in [2.75, 3.05) is 44.2 Å². The number of thiophene rings is 1. The van der Waals surface area contributed by atoms with Gasteiger partial charge < -0.3 is 4.90 Å². The Morgan fingerprint density at radius 2 is 1.78 bits per heavy atom. The molecular weight excluding hydrogens is 402 g/mol. The number of sulfonamides is 1. The van der Waals surface area contributed by atoms with Gasteiger partial charge in [-0.05, 0) is 55.8 Å². The van der Waals surface area contributed by atoms with Crippen LogP contribution < -0.4 is 9.62 Å². The summed E-state index contributed by atoms with van der Waals surface area (Å²) in [6.07, 6.45) is 1.67. The number of nitrogens with zero attached hydrogens (tertiary/aromatic N) is 2. The van der Waals surface area contributed by atoms with Gasteiger partial charge in [0, 0.05) is 48.3 Å². The SMILES string of the molecule is CCc1ccc(S(=O)(=O)NCCCN2CCN(c3ccc(Cl)cc3)CC2)s1. The Balaban J connectivity index is 1.38. The van der Waals surface area contributed by atoms with Crippen LogP contribution in [0, 0.1) is 0 Å². The molecule has 1 N–H and O–H groups in total. The first-order valence-electron chi connectivity index (χ1n) is 9.29. The summed E-state index contributed by atoms with van der Waals surface area (Å²) in [6.45, 7) is 7.33. The minimum absolute atomic E-state index is 0.413. The van der Waals surface area contributed by atoms with E-state index in [2.05, 4.69) is 26.7 Å². The monoisotopic (exact) mass is 427 g/mol. The minimum atomic E-state index is -3.37. The molecule has 3 rings (SSSR count). The highest BCUT2D eigenvalue weighted by Gasteiger charge is 2.18. The summed E-state index contributed by atoms with van der Waals surface area (Å²) < 4.78 is 27.8. The van der Waals surface area contributed by atoms with Gasteiger partial charge in [0.05, 0.1) is 0 Å². The maximum atomic E-state index is 12.3. The van der Waals surface area contributed by atoms with Crippen LogP contribution in [0.25, 0.3) is 0 Å². The van der Waals surface area contributed by atoms with Gasteiger partial charge in [-0.25, -0.2) is 13.1 Å². The third-order valence-electron chi connectivity index (χ3n) is 4.76. The van der Waals surface area contributed by atoms with Gasteiger partial charge >= 0.3 is 0 Å². The second kappa shape index (κ2) is 9.39. The molecule has 0 unspecified atom stereocenters. The smallest absolute Gasteiger partial charge is 0.250 e. The van der Waals surface area contributed by atoms with Crippen LogP contribution >= 0.6 is 22.9 Å². The number of benzene rings is 1. The lowest BCUT2D eigenvalue weighted by Gasteiger charge is -2.36. The molecule has 0 amide bonds. The van der Waals surface area contributed by atoms with Crippen LogP contribution in [-0.2, 0) is 16.4 Å². The predicted molar refractivity (Wildman–Crippen MR) is 114 cm³/mol. The molecule has 1 aromatic heterocycles. The van der Waals surface area contributed by atoms with Gasteiger partial charge in [0.2, 0.25) is 10.0 Å². The number of aryl methyl sites for hydroxylation is 1. The van der Waals surface area contributed by atoms with Crippen molar-refractivity contribution in [1.29, 1.82) is 0 Å². The number of hydrogen-bond donors (Lipinski definition) is 1. The molecule has 27 heavy (non-hydrogen) atoms. The van der Waals surface area contributed by atoms with Crippen molar-refractivity contribution in [3.8, 4) is 0 Å². The van der Waals surface area contributed by atoms with Gasteiger partial charge in [-0.3, -0.25) is 4.90 Å². The van der Waals surface area contributed by atoms with Gasteiger partial charge in [0.25, 0.3) is 0 Å². The lowest BCUT2D eigenvalue weighted by atomic mass is 10.2. The van der Waals surface area contributed by atoms with Crippen molar-refractivity contribution in [3.05, 3.63) is 46.3 Å². The summed E-state index contributed by atoms with van der Waals surface area (Å²) in [6, 6.07) is 11.5. The Bertz CT molecular complexity index is 829. The Morgan fingerprint density at radius 1 is 1.07 bits per heavy atom. The zero-order chi connectivity index (χ0) is 19.3. The molecule has 5 nitrogen and oxygen atoms in total. The van der Waals surface area contributed by atoms with E-state index < -0.39 is 10.0 Å². The van der Waals surface area contributed by atoms with E-state index in [1.54, 1.807) is 6.07 Å². The average molecular weight is 428 g/mol. The van der Waals surface area contributed by atoms with E-state index in [1.165, 1.54) is 17.0 Å². The van der Waals surface area contributed by atoms with E-state index in [0.717, 1.165) is 55.5 Å². The second-order valence-corrected chi connectivity index (χ2v) is 10.2. The maximum absolute atomic E-state index is 12.3. The lowest BCUT2D eigenvalue weighted by Crippen LogP contribution is -2.47. The number of hydrogen-bond acceptors (Lipinski definition) is 5. The molecule has 1 aliphatic rings. The van der Waals surface area contributed by atoms with Crippen LogP contribution in [0.3, 0.4) is 0 Å². The molecule has 1 aliphatic heterocycles. The Kier molecular flexibility index (Phi) is 7.16. The highest BCUT2D eigenvalue weighted by Crippen LogP contribution is 2.22. The van der Waals surface area contributed by atoms with E-state index in [-0.39, 0.29) is 0 Å². The molecule has 8 heteroatoms. The molecule has 1 fully saturated rings. The van der Waals surface area contributed by atoms with E-state index in [4.69, 9.17) is 11.6 Å². The van der Waals surface area contributed by atoms with E-state index in [9.17, 15) is 8.42 Å². The summed E-state index contributed by atoms with van der Waals surface area (Å²) in [7, 11) is -3.37. The number of anilines is 1. The summed E-state index contributed by atoms with van der Waals surface area (Å²) in [5.41, 5.74) is 1.20. The fourth-order valence-electron chi connectivity index (χ4n) is 3.15. The van der Waals surface area contributed by atoms with Gasteiger partial charge in [-0.1, -0.05) is 18.5 Å². The normalized spacial score (nSPS) is 16.0. The highest BCUT2D eigenvalue weighted by atomic mass is 35.5. The molecule has 0 radical (unpaired) electrons. The molecule has 0 atom stereocenters. The summed E-state index contributed by atoms with van der Waals surface area (Å²) >= 11 is 7.30. The van der Waals surface area contributed by atoms with Gasteiger partial charge in [-0.15, -0.1) is 11.3 Å². The minimum Gasteiger partial charge on any atom is -0.369 e. The lowest BCUT2D eigenvalue weighted by molar-refractivity contribution is 0.255. The standard InChI is InChI=1S/C19H26ClN3O2S2/c1-2-18-8-9-19(26-18)27(24,25)21-10-3-11-22-12-14-23(15-13-22)17-6-4-16(20)5-7-17/h4-9,21H,2-3,10-15H2,1H3. The molecule has 2 aromatic rings. The van der Waals surface area contributed by atoms with Crippen molar-refractivity contribution in [1.82, 2.24) is 9.62 Å². The second-order valence-electron chi connectivity index (χ2n) is 6.63. The van der Waals surface area contributed by atoms with Crippen molar-refractivity contribution >= 4 is 38.6 Å². The van der Waals surface area contributed by atoms with Crippen LogP contribution in [0.2, 0.25) is 5.02 Å². The van der Waals surface area contributed by atoms with Crippen molar-refractivity contribution < 1.29 is 8.42 Å². The molecule has 1 saturated heterocycles. The number of piperazine rings is 1. The van der Waals surface area contributed by atoms with E-state index >= 15 is 0 Å². The summed E-state index contributed by atoms with van der Waals surface area (Å²) in [4.78, 5) is 5.84. The Hall–Kier alpha value is -1.12. The number of halogens is 1. The molecule has 2 heterocycles. The first-order valence-corrected chi connectivity index (χ1v) is 12.0. The van der Waals surface area contributed by atoms with E-state index in [1.807, 2.05) is 25.1 Å². The zero-order valence-electron chi connectivity index (χ0n) is 15.5. The number of rotatable bonds is 8. The van der Waals surface area contributed by atoms with Gasteiger partial charge in [-0.2, -0.15) is 0 Å². The summed E-state index contributed by atoms with van der Waals surface area (Å²) in [5, 5.41) is 0.758. The van der Waals surface area contributed by atoms with Crippen LogP contribution in [0.1, 0.15) is 18.2 Å². The van der Waals surface area contributed by atoms with Gasteiger partial charge in [0.1, 0.15) is 4.21 Å². The van der Waals surface area contributed by atoms with E-state index in [0.29, 0.717) is 10.8 Å². The zero-order valence-corrected chi connectivity index (χ0v) is 17.9. The molecule has 0 bridgehead atoms. The summed E-state index contributed by atoms with van der Waals surface area (Å²) in [5.74, 6) is 0. The highest BCUT2D eigenvalue weighted by molar-refractivity contribution is 7.91. The maximum Gasteiger partial charge on any atom is 0.250 e. The molecule has 0 spiro atoms. The molecule has 148 valence electrons. The Morgan fingerprint density at radius 3 is 2.41 bits per heavy atom. The van der Waals surface area contributed by atoms with Crippen LogP contribution in [0.5, 0.6) is 0 Å². The van der Waals surface area contributed by atoms with Crippen LogP contribution in [-0.4, -0.2) is 52.6 Å². The van der Waals surface area contributed by atoms with Crippen LogP contribution in [0.15, 0.2) is 40.6 Å². The largest absolute Gasteiger partial charge is 0.369 e. The fraction of sp³-hybridized carbons (Fsp3) is 0.474. The first kappa shape index (κ1) is 20.6. The quantitative estimate of drug-likeness (QED) is 0.655. The third-order valence-corrected chi connectivity index (χ3v) is 8.19. The first-order chi connectivity index (χ1) is 13.0. The fourth-order valence-corrected chi connectivity index (χ4v) is 5.69. The average Bonchev–Trinajstić information content (AvgIpc) is 3.17. The molecule has 0 aliphatic carbocycles. The third kappa shape index (κ3) is 5.68. The molecule has 1 aromatic carbocycles. The molecule has 0 saturated carbocycles. The molecular formula is C19H26ClN3O2S2.